The fourth-order valence-electron chi connectivity index (χ4n) is 2.62. The summed E-state index contributed by atoms with van der Waals surface area (Å²) in [6, 6.07) is 12.3. The number of fused-ring (bicyclic) bond motifs is 1. The fourth-order valence-corrected chi connectivity index (χ4v) is 2.62. The Labute approximate surface area is 117 Å². The summed E-state index contributed by atoms with van der Waals surface area (Å²) in [5.74, 6) is 1.13. The molecule has 2 aromatic rings. The SMILES string of the molecule is CC(=O)Nc1ccc(N2c3ccccc3CC2C)nn1. The van der Waals surface area contributed by atoms with E-state index in [0.717, 1.165) is 12.2 Å². The van der Waals surface area contributed by atoms with Crippen LogP contribution in [-0.2, 0) is 11.2 Å². The Kier molecular flexibility index (Phi) is 3.10. The minimum atomic E-state index is -0.146. The quantitative estimate of drug-likeness (QED) is 0.909. The summed E-state index contributed by atoms with van der Waals surface area (Å²) in [6.07, 6.45) is 1.01. The summed E-state index contributed by atoms with van der Waals surface area (Å²) in [6.45, 7) is 3.62. The number of rotatable bonds is 2. The van der Waals surface area contributed by atoms with Crippen molar-refractivity contribution in [3.05, 3.63) is 42.0 Å². The van der Waals surface area contributed by atoms with E-state index in [-0.39, 0.29) is 5.91 Å². The van der Waals surface area contributed by atoms with Crippen LogP contribution in [0.25, 0.3) is 0 Å². The van der Waals surface area contributed by atoms with E-state index in [1.165, 1.54) is 18.2 Å². The molecule has 0 aliphatic carbocycles. The second-order valence-electron chi connectivity index (χ2n) is 5.01. The number of hydrogen-bond acceptors (Lipinski definition) is 4. The molecule has 0 bridgehead atoms. The molecule has 2 heterocycles. The first kappa shape index (κ1) is 12.6. The van der Waals surface area contributed by atoms with Gasteiger partial charge in [0.15, 0.2) is 11.6 Å². The molecule has 5 heteroatoms. The maximum atomic E-state index is 11.0. The molecule has 1 aliphatic rings. The number of carbonyl (C=O) groups excluding carboxylic acids is 1. The number of hydrogen-bond donors (Lipinski definition) is 1. The van der Waals surface area contributed by atoms with Crippen molar-refractivity contribution in [1.82, 2.24) is 10.2 Å². The smallest absolute Gasteiger partial charge is 0.222 e. The number of aromatic nitrogens is 2. The third kappa shape index (κ3) is 2.22. The third-order valence-corrected chi connectivity index (χ3v) is 3.41. The van der Waals surface area contributed by atoms with E-state index >= 15 is 0 Å². The Bertz CT molecular complexity index is 639. The van der Waals surface area contributed by atoms with E-state index in [9.17, 15) is 4.79 Å². The Morgan fingerprint density at radius 1 is 1.25 bits per heavy atom. The van der Waals surface area contributed by atoms with Crippen molar-refractivity contribution < 1.29 is 4.79 Å². The van der Waals surface area contributed by atoms with Gasteiger partial charge >= 0.3 is 0 Å². The first-order chi connectivity index (χ1) is 9.65. The van der Waals surface area contributed by atoms with Gasteiger partial charge in [0.1, 0.15) is 0 Å². The molecule has 0 radical (unpaired) electrons. The van der Waals surface area contributed by atoms with E-state index in [1.54, 1.807) is 6.07 Å². The molecule has 0 fully saturated rings. The van der Waals surface area contributed by atoms with Crippen LogP contribution in [0.15, 0.2) is 36.4 Å². The second kappa shape index (κ2) is 4.92. The molecule has 1 aliphatic heterocycles. The largest absolute Gasteiger partial charge is 0.321 e. The minimum Gasteiger partial charge on any atom is -0.321 e. The number of para-hydroxylation sites is 1. The molecule has 1 atom stereocenters. The molecule has 20 heavy (non-hydrogen) atoms. The van der Waals surface area contributed by atoms with Crippen molar-refractivity contribution in [1.29, 1.82) is 0 Å². The molecule has 1 aromatic carbocycles. The van der Waals surface area contributed by atoms with Crippen molar-refractivity contribution in [3.8, 4) is 0 Å². The van der Waals surface area contributed by atoms with Crippen LogP contribution in [0.3, 0.4) is 0 Å². The summed E-state index contributed by atoms with van der Waals surface area (Å²) in [7, 11) is 0. The Morgan fingerprint density at radius 3 is 2.75 bits per heavy atom. The molecular weight excluding hydrogens is 252 g/mol. The highest BCUT2D eigenvalue weighted by atomic mass is 16.1. The van der Waals surface area contributed by atoms with Gasteiger partial charge in [0.2, 0.25) is 5.91 Å². The van der Waals surface area contributed by atoms with Crippen LogP contribution in [0.4, 0.5) is 17.3 Å². The number of carbonyl (C=O) groups is 1. The molecule has 1 unspecified atom stereocenters. The second-order valence-corrected chi connectivity index (χ2v) is 5.01. The van der Waals surface area contributed by atoms with E-state index in [1.807, 2.05) is 12.1 Å². The van der Waals surface area contributed by atoms with Crippen molar-refractivity contribution in [2.24, 2.45) is 0 Å². The monoisotopic (exact) mass is 268 g/mol. The van der Waals surface area contributed by atoms with Crippen LogP contribution in [0.2, 0.25) is 0 Å². The molecule has 1 N–H and O–H groups in total. The summed E-state index contributed by atoms with van der Waals surface area (Å²) in [4.78, 5) is 13.2. The lowest BCUT2D eigenvalue weighted by Gasteiger charge is -2.23. The lowest BCUT2D eigenvalue weighted by Crippen LogP contribution is -2.25. The highest BCUT2D eigenvalue weighted by Gasteiger charge is 2.27. The van der Waals surface area contributed by atoms with Crippen molar-refractivity contribution in [2.75, 3.05) is 10.2 Å². The van der Waals surface area contributed by atoms with Crippen molar-refractivity contribution >= 4 is 23.2 Å². The molecule has 0 spiro atoms. The molecule has 5 nitrogen and oxygen atoms in total. The van der Waals surface area contributed by atoms with Gasteiger partial charge in [-0.05, 0) is 37.1 Å². The predicted octanol–water partition coefficient (Wildman–Crippen LogP) is 2.52. The normalized spacial score (nSPS) is 16.9. The van der Waals surface area contributed by atoms with E-state index in [0.29, 0.717) is 11.9 Å². The molecule has 1 aromatic heterocycles. The fraction of sp³-hybridized carbons (Fsp3) is 0.267. The van der Waals surface area contributed by atoms with Gasteiger partial charge in [-0.2, -0.15) is 0 Å². The zero-order chi connectivity index (χ0) is 14.1. The van der Waals surface area contributed by atoms with Gasteiger partial charge in [0.05, 0.1) is 0 Å². The van der Waals surface area contributed by atoms with Gasteiger partial charge in [-0.25, -0.2) is 0 Å². The molecular formula is C15H16N4O. The first-order valence-corrected chi connectivity index (χ1v) is 6.63. The minimum absolute atomic E-state index is 0.146. The average Bonchev–Trinajstić information content (AvgIpc) is 2.75. The molecule has 3 rings (SSSR count). The highest BCUT2D eigenvalue weighted by molar-refractivity contribution is 5.87. The van der Waals surface area contributed by atoms with Gasteiger partial charge in [-0.15, -0.1) is 10.2 Å². The van der Waals surface area contributed by atoms with E-state index < -0.39 is 0 Å². The van der Waals surface area contributed by atoms with Gasteiger partial charge < -0.3 is 10.2 Å². The Morgan fingerprint density at radius 2 is 2.05 bits per heavy atom. The maximum absolute atomic E-state index is 11.0. The van der Waals surface area contributed by atoms with Gasteiger partial charge in [-0.3, -0.25) is 4.79 Å². The Hall–Kier alpha value is -2.43. The van der Waals surface area contributed by atoms with Crippen LogP contribution >= 0.6 is 0 Å². The molecule has 0 saturated carbocycles. The summed E-state index contributed by atoms with van der Waals surface area (Å²) in [5, 5.41) is 10.9. The van der Waals surface area contributed by atoms with E-state index in [2.05, 4.69) is 45.5 Å². The Balaban J connectivity index is 1.91. The molecule has 0 saturated heterocycles. The number of benzene rings is 1. The average molecular weight is 268 g/mol. The lowest BCUT2D eigenvalue weighted by atomic mass is 10.1. The zero-order valence-electron chi connectivity index (χ0n) is 11.5. The predicted molar refractivity (Wildman–Crippen MR) is 78.1 cm³/mol. The van der Waals surface area contributed by atoms with E-state index in [4.69, 9.17) is 0 Å². The highest BCUT2D eigenvalue weighted by Crippen LogP contribution is 2.36. The van der Waals surface area contributed by atoms with Crippen molar-refractivity contribution in [3.63, 3.8) is 0 Å². The molecule has 102 valence electrons. The summed E-state index contributed by atoms with van der Waals surface area (Å²) in [5.41, 5.74) is 2.51. The lowest BCUT2D eigenvalue weighted by molar-refractivity contribution is -0.114. The topological polar surface area (TPSA) is 58.1 Å². The van der Waals surface area contributed by atoms with Crippen LogP contribution in [0, 0.1) is 0 Å². The first-order valence-electron chi connectivity index (χ1n) is 6.63. The number of amides is 1. The van der Waals surface area contributed by atoms with Crippen LogP contribution in [-0.4, -0.2) is 22.1 Å². The zero-order valence-corrected chi connectivity index (χ0v) is 11.5. The molecule has 1 amide bonds. The van der Waals surface area contributed by atoms with Crippen LogP contribution < -0.4 is 10.2 Å². The maximum Gasteiger partial charge on any atom is 0.222 e. The van der Waals surface area contributed by atoms with Crippen LogP contribution in [0.1, 0.15) is 19.4 Å². The van der Waals surface area contributed by atoms with Crippen molar-refractivity contribution in [2.45, 2.75) is 26.3 Å². The summed E-state index contributed by atoms with van der Waals surface area (Å²) >= 11 is 0. The van der Waals surface area contributed by atoms with Gasteiger partial charge in [-0.1, -0.05) is 18.2 Å². The number of anilines is 3. The number of nitrogens with zero attached hydrogens (tertiary/aromatic N) is 3. The standard InChI is InChI=1S/C15H16N4O/c1-10-9-12-5-3-4-6-13(12)19(10)15-8-7-14(17-18-15)16-11(2)20/h3-8,10H,9H2,1-2H3,(H,16,17,20). The van der Waals surface area contributed by atoms with Gasteiger partial charge in [0, 0.05) is 18.7 Å². The van der Waals surface area contributed by atoms with Crippen LogP contribution in [0.5, 0.6) is 0 Å². The number of nitrogens with one attached hydrogen (secondary N) is 1. The summed E-state index contributed by atoms with van der Waals surface area (Å²) < 4.78 is 0. The third-order valence-electron chi connectivity index (χ3n) is 3.41. The van der Waals surface area contributed by atoms with Gasteiger partial charge in [0.25, 0.3) is 0 Å².